The molecule has 0 saturated carbocycles. The van der Waals surface area contributed by atoms with Crippen LogP contribution < -0.4 is 132 Å². The third-order valence-corrected chi connectivity index (χ3v) is 0. The largest absolute Gasteiger partial charge is 4.00 e. The average molecular weight is 359 g/mol. The van der Waals surface area contributed by atoms with Gasteiger partial charge in [0.15, 0.2) is 0 Å². The van der Waals surface area contributed by atoms with Gasteiger partial charge in [-0.1, -0.05) is 0 Å². The van der Waals surface area contributed by atoms with E-state index in [2.05, 4.69) is 0 Å². The Morgan fingerprint density at radius 3 is 0.615 bits per heavy atom. The van der Waals surface area contributed by atoms with E-state index in [1.807, 2.05) is 0 Å². The van der Waals surface area contributed by atoms with Gasteiger partial charge in [-0.05, 0) is 0 Å². The Kier molecular flexibility index (Phi) is 33.8. The van der Waals surface area contributed by atoms with Crippen LogP contribution in [0.5, 0.6) is 0 Å². The Morgan fingerprint density at radius 2 is 0.615 bits per heavy atom. The third-order valence-electron chi connectivity index (χ3n) is 0. The predicted octanol–water partition coefficient (Wildman–Crippen LogP) is -11.6. The van der Waals surface area contributed by atoms with Crippen molar-refractivity contribution in [3.8, 4) is 0 Å². The van der Waals surface area contributed by atoms with Crippen molar-refractivity contribution in [2.75, 3.05) is 0 Å². The smallest absolute Gasteiger partial charge is 0.822 e. The molecular formula is K2O8P2Zr. The summed E-state index contributed by atoms with van der Waals surface area (Å²) in [6.45, 7) is 0. The fourth-order valence-corrected chi connectivity index (χ4v) is 0. The molecule has 8 nitrogen and oxygen atoms in total. The maximum atomic E-state index is 8.55. The minimum absolute atomic E-state index is 0. The molecule has 64 valence electrons. The van der Waals surface area contributed by atoms with E-state index >= 15 is 0 Å². The van der Waals surface area contributed by atoms with Crippen LogP contribution in [-0.2, 0) is 35.3 Å². The van der Waals surface area contributed by atoms with Crippen molar-refractivity contribution in [1.29, 1.82) is 0 Å². The fraction of sp³-hybridized carbons (Fsp3) is 0. The van der Waals surface area contributed by atoms with Crippen LogP contribution >= 0.6 is 15.6 Å². The van der Waals surface area contributed by atoms with Gasteiger partial charge in [0.05, 0.1) is 0 Å². The Morgan fingerprint density at radius 1 is 0.615 bits per heavy atom. The summed E-state index contributed by atoms with van der Waals surface area (Å²) in [6, 6.07) is 0. The molecule has 0 aliphatic rings. The summed E-state index contributed by atoms with van der Waals surface area (Å²) in [4.78, 5) is 51.3. The molecule has 0 fully saturated rings. The van der Waals surface area contributed by atoms with Crippen LogP contribution in [0, 0.1) is 0 Å². The van der Waals surface area contributed by atoms with E-state index in [-0.39, 0.29) is 129 Å². The third kappa shape index (κ3) is 177. The number of rotatable bonds is 0. The molecule has 0 N–H and O–H groups in total. The van der Waals surface area contributed by atoms with Crippen molar-refractivity contribution in [1.82, 2.24) is 0 Å². The fourth-order valence-electron chi connectivity index (χ4n) is 0. The molecule has 0 aliphatic carbocycles. The molecule has 0 aromatic heterocycles. The summed E-state index contributed by atoms with van der Waals surface area (Å²) in [5, 5.41) is 0. The molecule has 0 unspecified atom stereocenters. The van der Waals surface area contributed by atoms with E-state index < -0.39 is 15.6 Å². The van der Waals surface area contributed by atoms with Crippen LogP contribution in [0.4, 0.5) is 0 Å². The quantitative estimate of drug-likeness (QED) is 0.303. The molecule has 0 heterocycles. The van der Waals surface area contributed by atoms with Crippen LogP contribution in [0.15, 0.2) is 0 Å². The van der Waals surface area contributed by atoms with Gasteiger partial charge in [-0.3, -0.25) is 0 Å². The summed E-state index contributed by atoms with van der Waals surface area (Å²) in [6.07, 6.45) is 0. The van der Waals surface area contributed by atoms with E-state index in [9.17, 15) is 0 Å². The molecular weight excluding hydrogens is 359 g/mol. The van der Waals surface area contributed by atoms with Gasteiger partial charge < -0.3 is 38.5 Å². The second-order valence-electron chi connectivity index (χ2n) is 0.894. The summed E-state index contributed by atoms with van der Waals surface area (Å²) in [5.74, 6) is 0. The minimum Gasteiger partial charge on any atom is -0.822 e. The van der Waals surface area contributed by atoms with Gasteiger partial charge >= 0.3 is 129 Å². The minimum atomic E-state index is -5.39. The molecule has 0 atom stereocenters. The summed E-state index contributed by atoms with van der Waals surface area (Å²) in [5.41, 5.74) is 0. The molecule has 0 radical (unpaired) electrons. The molecule has 0 aromatic rings. The zero-order valence-corrected chi connectivity index (χ0v) is 17.2. The number of hydrogen-bond acceptors (Lipinski definition) is 8. The SMILES string of the molecule is O=P([O-])([O-])[O-].O=P([O-])([O-])[O-].[K+].[K+].[Zr+4]. The van der Waals surface area contributed by atoms with Crippen molar-refractivity contribution in [2.45, 2.75) is 0 Å². The maximum Gasteiger partial charge on any atom is 4.00 e. The summed E-state index contributed by atoms with van der Waals surface area (Å²) >= 11 is 0. The van der Waals surface area contributed by atoms with Gasteiger partial charge in [0, 0.05) is 0 Å². The second kappa shape index (κ2) is 14.4. The first kappa shape index (κ1) is 30.4. The van der Waals surface area contributed by atoms with Gasteiger partial charge in [-0.2, -0.15) is 15.6 Å². The molecule has 13 heavy (non-hydrogen) atoms. The van der Waals surface area contributed by atoms with Crippen LogP contribution in [0.1, 0.15) is 0 Å². The van der Waals surface area contributed by atoms with Crippen molar-refractivity contribution in [2.24, 2.45) is 0 Å². The van der Waals surface area contributed by atoms with Gasteiger partial charge in [0.25, 0.3) is 0 Å². The molecule has 0 rings (SSSR count). The molecule has 13 heteroatoms. The normalized spacial score (nSPS) is 9.08. The second-order valence-corrected chi connectivity index (χ2v) is 2.68. The Labute approximate surface area is 178 Å². The Balaban J connectivity index is -0.0000000267. The number of phosphoric acid groups is 2. The zero-order chi connectivity index (χ0) is 9.00. The van der Waals surface area contributed by atoms with E-state index in [1.54, 1.807) is 0 Å². The topological polar surface area (TPSA) is 172 Å². The van der Waals surface area contributed by atoms with Gasteiger partial charge in [0.2, 0.25) is 0 Å². The van der Waals surface area contributed by atoms with Crippen LogP contribution in [0.25, 0.3) is 0 Å². The van der Waals surface area contributed by atoms with Gasteiger partial charge in [-0.25, -0.2) is 0 Å². The first-order chi connectivity index (χ1) is 4.00. The van der Waals surface area contributed by atoms with Crippen LogP contribution in [-0.4, -0.2) is 0 Å². The van der Waals surface area contributed by atoms with Crippen molar-refractivity contribution in [3.05, 3.63) is 0 Å². The van der Waals surface area contributed by atoms with Crippen molar-refractivity contribution >= 4 is 15.6 Å². The van der Waals surface area contributed by atoms with Crippen LogP contribution in [0.3, 0.4) is 0 Å². The molecule has 0 saturated heterocycles. The molecule has 0 bridgehead atoms. The van der Waals surface area contributed by atoms with Gasteiger partial charge in [-0.15, -0.1) is 0 Å². The molecule has 0 amide bonds. The van der Waals surface area contributed by atoms with Gasteiger partial charge in [0.1, 0.15) is 0 Å². The number of hydrogen-bond donors (Lipinski definition) is 0. The Bertz CT molecular complexity index is 132. The van der Waals surface area contributed by atoms with Crippen LogP contribution in [0.2, 0.25) is 0 Å². The van der Waals surface area contributed by atoms with Crippen molar-refractivity contribution < 1.29 is 167 Å². The first-order valence-corrected chi connectivity index (χ1v) is 4.38. The van der Waals surface area contributed by atoms with E-state index in [0.29, 0.717) is 0 Å². The maximum absolute atomic E-state index is 8.55. The predicted molar refractivity (Wildman–Crippen MR) is 15.2 cm³/mol. The zero-order valence-electron chi connectivity index (χ0n) is 6.66. The molecule has 0 aliphatic heterocycles. The van der Waals surface area contributed by atoms with E-state index in [0.717, 1.165) is 0 Å². The molecule has 0 aromatic carbocycles. The summed E-state index contributed by atoms with van der Waals surface area (Å²) < 4.78 is 17.1. The van der Waals surface area contributed by atoms with E-state index in [1.165, 1.54) is 0 Å². The van der Waals surface area contributed by atoms with E-state index in [4.69, 9.17) is 38.5 Å². The summed E-state index contributed by atoms with van der Waals surface area (Å²) in [7, 11) is -10.8. The van der Waals surface area contributed by atoms with Crippen molar-refractivity contribution in [3.63, 3.8) is 0 Å². The molecule has 0 spiro atoms. The monoisotopic (exact) mass is 358 g/mol. The Hall–Kier alpha value is 4.38. The standard InChI is InChI=1S/2K.2H3O4P.Zr/c;;2*1-5(2,3)4;/h;;2*(H3,1,2,3,4);/q2*+1;;;+4/p-6. The first-order valence-electron chi connectivity index (χ1n) is 1.46. The average Bonchev–Trinajstić information content (AvgIpc) is 1.12.